The molecule has 0 radical (unpaired) electrons. The summed E-state index contributed by atoms with van der Waals surface area (Å²) < 4.78 is 0. The van der Waals surface area contributed by atoms with Crippen molar-refractivity contribution in [2.75, 3.05) is 7.05 Å². The Morgan fingerprint density at radius 3 is 2.53 bits per heavy atom. The van der Waals surface area contributed by atoms with E-state index in [0.29, 0.717) is 15.6 Å². The van der Waals surface area contributed by atoms with E-state index in [4.69, 9.17) is 28.3 Å². The Bertz CT molecular complexity index is 395. The van der Waals surface area contributed by atoms with E-state index in [0.717, 1.165) is 0 Å². The van der Waals surface area contributed by atoms with Crippen LogP contribution in [-0.4, -0.2) is 18.1 Å². The molecule has 0 saturated heterocycles. The van der Waals surface area contributed by atoms with Crippen molar-refractivity contribution in [2.45, 2.75) is 12.5 Å². The Morgan fingerprint density at radius 1 is 1.47 bits per heavy atom. The summed E-state index contributed by atoms with van der Waals surface area (Å²) in [5, 5.41) is 12.7. The second kappa shape index (κ2) is 4.39. The lowest BCUT2D eigenvalue weighted by Gasteiger charge is -2.25. The lowest BCUT2D eigenvalue weighted by Crippen LogP contribution is -2.44. The van der Waals surface area contributed by atoms with Crippen molar-refractivity contribution in [3.05, 3.63) is 33.8 Å². The van der Waals surface area contributed by atoms with Crippen LogP contribution < -0.4 is 5.32 Å². The highest BCUT2D eigenvalue weighted by Crippen LogP contribution is 2.30. The topological polar surface area (TPSA) is 49.3 Å². The van der Waals surface area contributed by atoms with Crippen LogP contribution in [0.1, 0.15) is 12.5 Å². The summed E-state index contributed by atoms with van der Waals surface area (Å²) in [5.41, 5.74) is -0.784. The molecule has 5 heteroatoms. The van der Waals surface area contributed by atoms with Gasteiger partial charge in [0.15, 0.2) is 0 Å². The number of carbonyl (C=O) groups is 1. The molecule has 0 amide bonds. The minimum absolute atomic E-state index is 0.374. The first-order chi connectivity index (χ1) is 6.91. The Kier molecular flexibility index (Phi) is 3.60. The number of hydrogen-bond donors (Lipinski definition) is 2. The molecule has 0 spiro atoms. The lowest BCUT2D eigenvalue weighted by molar-refractivity contribution is -0.144. The molecule has 15 heavy (non-hydrogen) atoms. The summed E-state index contributed by atoms with van der Waals surface area (Å²) in [6, 6.07) is 4.75. The molecular weight excluding hydrogens is 237 g/mol. The minimum atomic E-state index is -1.23. The van der Waals surface area contributed by atoms with Crippen LogP contribution in [0.4, 0.5) is 0 Å². The van der Waals surface area contributed by atoms with Gasteiger partial charge in [-0.15, -0.1) is 0 Å². The number of carboxylic acid groups (broad SMARTS) is 1. The van der Waals surface area contributed by atoms with Crippen molar-refractivity contribution in [3.8, 4) is 0 Å². The first kappa shape index (κ1) is 12.3. The molecule has 1 unspecified atom stereocenters. The van der Waals surface area contributed by atoms with Gasteiger partial charge in [0.25, 0.3) is 0 Å². The van der Waals surface area contributed by atoms with Gasteiger partial charge >= 0.3 is 5.97 Å². The van der Waals surface area contributed by atoms with Crippen molar-refractivity contribution in [1.82, 2.24) is 5.32 Å². The fourth-order valence-electron chi connectivity index (χ4n) is 1.24. The predicted molar refractivity (Wildman–Crippen MR) is 60.5 cm³/mol. The highest BCUT2D eigenvalue weighted by atomic mass is 35.5. The molecule has 0 bridgehead atoms. The van der Waals surface area contributed by atoms with Crippen LogP contribution in [0.5, 0.6) is 0 Å². The molecule has 1 aromatic carbocycles. The van der Waals surface area contributed by atoms with Crippen LogP contribution in [0.3, 0.4) is 0 Å². The van der Waals surface area contributed by atoms with Gasteiger partial charge in [-0.1, -0.05) is 23.2 Å². The van der Waals surface area contributed by atoms with Crippen LogP contribution in [0, 0.1) is 0 Å². The molecule has 1 atom stereocenters. The monoisotopic (exact) mass is 247 g/mol. The standard InChI is InChI=1S/C10H11Cl2NO2/c1-10(13-2,9(14)15)7-5-6(11)3-4-8(7)12/h3-5,13H,1-2H3,(H,14,15). The van der Waals surface area contributed by atoms with Gasteiger partial charge in [0, 0.05) is 15.6 Å². The van der Waals surface area contributed by atoms with E-state index in [-0.39, 0.29) is 0 Å². The van der Waals surface area contributed by atoms with Crippen molar-refractivity contribution in [1.29, 1.82) is 0 Å². The largest absolute Gasteiger partial charge is 0.480 e. The van der Waals surface area contributed by atoms with E-state index in [1.165, 1.54) is 6.92 Å². The summed E-state index contributed by atoms with van der Waals surface area (Å²) in [6.45, 7) is 1.53. The summed E-state index contributed by atoms with van der Waals surface area (Å²) in [4.78, 5) is 11.2. The molecule has 2 N–H and O–H groups in total. The number of nitrogens with one attached hydrogen (secondary N) is 1. The zero-order valence-electron chi connectivity index (χ0n) is 8.34. The number of halogens is 2. The molecule has 0 aliphatic carbocycles. The molecule has 0 aliphatic heterocycles. The van der Waals surface area contributed by atoms with E-state index in [9.17, 15) is 4.79 Å². The molecule has 0 aliphatic rings. The number of carboxylic acids is 1. The van der Waals surface area contributed by atoms with Crippen LogP contribution >= 0.6 is 23.2 Å². The smallest absolute Gasteiger partial charge is 0.328 e. The first-order valence-electron chi connectivity index (χ1n) is 4.29. The molecule has 3 nitrogen and oxygen atoms in total. The Morgan fingerprint density at radius 2 is 2.07 bits per heavy atom. The second-order valence-electron chi connectivity index (χ2n) is 3.30. The fourth-order valence-corrected chi connectivity index (χ4v) is 1.72. The molecule has 0 fully saturated rings. The maximum Gasteiger partial charge on any atom is 0.328 e. The van der Waals surface area contributed by atoms with E-state index >= 15 is 0 Å². The van der Waals surface area contributed by atoms with E-state index in [2.05, 4.69) is 5.32 Å². The van der Waals surface area contributed by atoms with Gasteiger partial charge in [-0.25, -0.2) is 4.79 Å². The molecule has 82 valence electrons. The van der Waals surface area contributed by atoms with E-state index in [1.54, 1.807) is 25.2 Å². The normalized spacial score (nSPS) is 14.7. The molecule has 1 aromatic rings. The van der Waals surface area contributed by atoms with Crippen LogP contribution in [0.2, 0.25) is 10.0 Å². The van der Waals surface area contributed by atoms with Gasteiger partial charge in [-0.3, -0.25) is 0 Å². The zero-order valence-corrected chi connectivity index (χ0v) is 9.86. The van der Waals surface area contributed by atoms with Crippen molar-refractivity contribution in [3.63, 3.8) is 0 Å². The highest BCUT2D eigenvalue weighted by Gasteiger charge is 2.35. The van der Waals surface area contributed by atoms with Gasteiger partial charge in [0.1, 0.15) is 5.54 Å². The zero-order chi connectivity index (χ0) is 11.6. The van der Waals surface area contributed by atoms with Crippen molar-refractivity contribution in [2.24, 2.45) is 0 Å². The molecule has 0 aromatic heterocycles. The summed E-state index contributed by atoms with van der Waals surface area (Å²) in [6.07, 6.45) is 0. The van der Waals surface area contributed by atoms with E-state index < -0.39 is 11.5 Å². The third kappa shape index (κ3) is 2.25. The minimum Gasteiger partial charge on any atom is -0.480 e. The van der Waals surface area contributed by atoms with Crippen molar-refractivity contribution >= 4 is 29.2 Å². The van der Waals surface area contributed by atoms with Gasteiger partial charge in [0.2, 0.25) is 0 Å². The fraction of sp³-hybridized carbons (Fsp3) is 0.300. The van der Waals surface area contributed by atoms with Crippen LogP contribution in [0.15, 0.2) is 18.2 Å². The van der Waals surface area contributed by atoms with Gasteiger partial charge in [-0.2, -0.15) is 0 Å². The maximum atomic E-state index is 11.2. The summed E-state index contributed by atoms with van der Waals surface area (Å²) >= 11 is 11.7. The maximum absolute atomic E-state index is 11.2. The van der Waals surface area contributed by atoms with Gasteiger partial charge in [-0.05, 0) is 32.2 Å². The van der Waals surface area contributed by atoms with Gasteiger partial charge < -0.3 is 10.4 Å². The third-order valence-corrected chi connectivity index (χ3v) is 2.96. The number of aliphatic carboxylic acids is 1. The Balaban J connectivity index is 3.35. The second-order valence-corrected chi connectivity index (χ2v) is 4.15. The van der Waals surface area contributed by atoms with Gasteiger partial charge in [0.05, 0.1) is 0 Å². The molecule has 0 saturated carbocycles. The Labute approximate surface area is 98.0 Å². The average Bonchev–Trinajstić information content (AvgIpc) is 2.20. The molecule has 1 rings (SSSR count). The van der Waals surface area contributed by atoms with Crippen molar-refractivity contribution < 1.29 is 9.90 Å². The number of rotatable bonds is 3. The predicted octanol–water partition coefficient (Wildman–Crippen LogP) is 2.51. The summed E-state index contributed by atoms with van der Waals surface area (Å²) in [5.74, 6) is -1.01. The number of hydrogen-bond acceptors (Lipinski definition) is 2. The quantitative estimate of drug-likeness (QED) is 0.864. The first-order valence-corrected chi connectivity index (χ1v) is 5.05. The summed E-state index contributed by atoms with van der Waals surface area (Å²) in [7, 11) is 1.56. The molecule has 0 heterocycles. The SMILES string of the molecule is CNC(C)(C(=O)O)c1cc(Cl)ccc1Cl. The number of benzene rings is 1. The lowest BCUT2D eigenvalue weighted by atomic mass is 9.92. The van der Waals surface area contributed by atoms with Crippen LogP contribution in [-0.2, 0) is 10.3 Å². The van der Waals surface area contributed by atoms with Crippen LogP contribution in [0.25, 0.3) is 0 Å². The highest BCUT2D eigenvalue weighted by molar-refractivity contribution is 6.33. The molecular formula is C10H11Cl2NO2. The Hall–Kier alpha value is -0.770. The van der Waals surface area contributed by atoms with E-state index in [1.807, 2.05) is 0 Å². The number of likely N-dealkylation sites (N-methyl/N-ethyl adjacent to an activating group) is 1. The average molecular weight is 248 g/mol. The third-order valence-electron chi connectivity index (χ3n) is 2.39.